The van der Waals surface area contributed by atoms with Crippen LogP contribution in [0.3, 0.4) is 0 Å². The van der Waals surface area contributed by atoms with E-state index in [1.165, 1.54) is 25.7 Å². The van der Waals surface area contributed by atoms with Crippen molar-refractivity contribution in [1.82, 2.24) is 0 Å². The Bertz CT molecular complexity index is 126. The van der Waals surface area contributed by atoms with Gasteiger partial charge in [0.25, 0.3) is 6.47 Å². The minimum atomic E-state index is 0.547. The smallest absolute Gasteiger partial charge is 0.293 e. The van der Waals surface area contributed by atoms with Crippen LogP contribution >= 0.6 is 0 Å². The average Bonchev–Trinajstić information content (AvgIpc) is 2.09. The van der Waals surface area contributed by atoms with E-state index in [0.29, 0.717) is 13.1 Å². The first-order chi connectivity index (χ1) is 5.83. The number of rotatable bonds is 4. The summed E-state index contributed by atoms with van der Waals surface area (Å²) in [6.45, 7) is 3.48. The van der Waals surface area contributed by atoms with Crippen molar-refractivity contribution in [3.05, 3.63) is 0 Å². The lowest BCUT2D eigenvalue weighted by Crippen LogP contribution is -2.13. The molecule has 12 heavy (non-hydrogen) atoms. The summed E-state index contributed by atoms with van der Waals surface area (Å²) in [4.78, 5) is 9.88. The number of hydrogen-bond donors (Lipinski definition) is 0. The molecule has 0 bridgehead atoms. The van der Waals surface area contributed by atoms with Crippen LogP contribution in [0.15, 0.2) is 0 Å². The normalized spacial score (nSPS) is 29.8. The second kappa shape index (κ2) is 5.18. The van der Waals surface area contributed by atoms with Crippen LogP contribution in [0.25, 0.3) is 0 Å². The highest BCUT2D eigenvalue weighted by Crippen LogP contribution is 2.29. The van der Waals surface area contributed by atoms with E-state index >= 15 is 0 Å². The van der Waals surface area contributed by atoms with E-state index in [9.17, 15) is 4.79 Å². The summed E-state index contributed by atoms with van der Waals surface area (Å²) in [6, 6.07) is 0. The Morgan fingerprint density at radius 3 is 2.58 bits per heavy atom. The Morgan fingerprint density at radius 1 is 1.33 bits per heavy atom. The lowest BCUT2D eigenvalue weighted by Gasteiger charge is -2.25. The quantitative estimate of drug-likeness (QED) is 0.478. The Kier molecular flexibility index (Phi) is 4.12. The molecule has 0 unspecified atom stereocenters. The second-order valence-corrected chi connectivity index (χ2v) is 3.88. The Labute approximate surface area is 74.3 Å². The topological polar surface area (TPSA) is 26.3 Å². The summed E-state index contributed by atoms with van der Waals surface area (Å²) in [5, 5.41) is 0. The van der Waals surface area contributed by atoms with Crippen molar-refractivity contribution >= 4 is 6.47 Å². The molecule has 1 aliphatic carbocycles. The maximum Gasteiger partial charge on any atom is 0.293 e. The molecule has 0 aromatic heterocycles. The fourth-order valence-electron chi connectivity index (χ4n) is 1.90. The van der Waals surface area contributed by atoms with Crippen molar-refractivity contribution < 1.29 is 9.53 Å². The molecule has 2 heteroatoms. The number of ether oxygens (including phenoxy) is 1. The largest absolute Gasteiger partial charge is 0.468 e. The third-order valence-corrected chi connectivity index (χ3v) is 2.85. The molecule has 0 radical (unpaired) electrons. The van der Waals surface area contributed by atoms with Gasteiger partial charge in [0.15, 0.2) is 0 Å². The van der Waals surface area contributed by atoms with Gasteiger partial charge in [0, 0.05) is 0 Å². The molecule has 2 nitrogen and oxygen atoms in total. The van der Waals surface area contributed by atoms with E-state index in [1.54, 1.807) is 0 Å². The Morgan fingerprint density at radius 2 is 2.00 bits per heavy atom. The molecule has 0 aliphatic heterocycles. The molecule has 1 rings (SSSR count). The molecule has 1 aliphatic rings. The zero-order chi connectivity index (χ0) is 8.81. The molecule has 0 aromatic carbocycles. The van der Waals surface area contributed by atoms with E-state index in [2.05, 4.69) is 11.7 Å². The SMILES string of the molecule is CC1CCC(CCOC=O)CC1. The highest BCUT2D eigenvalue weighted by molar-refractivity contribution is 5.36. The highest BCUT2D eigenvalue weighted by atomic mass is 16.5. The van der Waals surface area contributed by atoms with Gasteiger partial charge in [-0.1, -0.05) is 32.6 Å². The maximum atomic E-state index is 9.88. The van der Waals surface area contributed by atoms with Crippen LogP contribution in [0, 0.1) is 11.8 Å². The molecule has 1 saturated carbocycles. The lowest BCUT2D eigenvalue weighted by molar-refractivity contribution is -0.129. The average molecular weight is 170 g/mol. The van der Waals surface area contributed by atoms with Crippen molar-refractivity contribution in [3.63, 3.8) is 0 Å². The molecule has 0 saturated heterocycles. The third kappa shape index (κ3) is 3.24. The fourth-order valence-corrected chi connectivity index (χ4v) is 1.90. The zero-order valence-electron chi connectivity index (χ0n) is 7.79. The molecule has 0 N–H and O–H groups in total. The number of carbonyl (C=O) groups is 1. The second-order valence-electron chi connectivity index (χ2n) is 3.88. The zero-order valence-corrected chi connectivity index (χ0v) is 7.79. The number of hydrogen-bond acceptors (Lipinski definition) is 2. The van der Waals surface area contributed by atoms with Gasteiger partial charge in [0.1, 0.15) is 0 Å². The molecule has 0 amide bonds. The molecule has 0 atom stereocenters. The molecule has 70 valence electrons. The third-order valence-electron chi connectivity index (χ3n) is 2.85. The van der Waals surface area contributed by atoms with Gasteiger partial charge in [-0.05, 0) is 18.3 Å². The molecule has 0 spiro atoms. The minimum absolute atomic E-state index is 0.547. The standard InChI is InChI=1S/C10H18O2/c1-9-2-4-10(5-3-9)6-7-12-8-11/h8-10H,2-7H2,1H3. The van der Waals surface area contributed by atoms with Gasteiger partial charge < -0.3 is 4.74 Å². The Hall–Kier alpha value is -0.530. The van der Waals surface area contributed by atoms with Gasteiger partial charge in [-0.2, -0.15) is 0 Å². The summed E-state index contributed by atoms with van der Waals surface area (Å²) < 4.78 is 4.68. The van der Waals surface area contributed by atoms with E-state index in [1.807, 2.05) is 0 Å². The first-order valence-corrected chi connectivity index (χ1v) is 4.88. The molecule has 0 heterocycles. The van der Waals surface area contributed by atoms with Crippen LogP contribution in [0.5, 0.6) is 0 Å². The summed E-state index contributed by atoms with van der Waals surface area (Å²) in [5.74, 6) is 1.72. The van der Waals surface area contributed by atoms with Gasteiger partial charge in [-0.3, -0.25) is 4.79 Å². The first-order valence-electron chi connectivity index (χ1n) is 4.88. The minimum Gasteiger partial charge on any atom is -0.468 e. The van der Waals surface area contributed by atoms with Crippen LogP contribution in [0.2, 0.25) is 0 Å². The maximum absolute atomic E-state index is 9.88. The first kappa shape index (κ1) is 9.56. The predicted molar refractivity (Wildman–Crippen MR) is 47.8 cm³/mol. The van der Waals surface area contributed by atoms with E-state index in [-0.39, 0.29) is 0 Å². The lowest BCUT2D eigenvalue weighted by atomic mass is 9.82. The monoisotopic (exact) mass is 170 g/mol. The summed E-state index contributed by atoms with van der Waals surface area (Å²) in [7, 11) is 0. The fraction of sp³-hybridized carbons (Fsp3) is 0.900. The van der Waals surface area contributed by atoms with Gasteiger partial charge in [-0.15, -0.1) is 0 Å². The summed E-state index contributed by atoms with van der Waals surface area (Å²) >= 11 is 0. The molecule has 1 fully saturated rings. The van der Waals surface area contributed by atoms with Crippen LogP contribution in [-0.2, 0) is 9.53 Å². The van der Waals surface area contributed by atoms with Crippen LogP contribution in [0.1, 0.15) is 39.0 Å². The van der Waals surface area contributed by atoms with Crippen molar-refractivity contribution in [2.24, 2.45) is 11.8 Å². The summed E-state index contributed by atoms with van der Waals surface area (Å²) in [5.41, 5.74) is 0. The van der Waals surface area contributed by atoms with E-state index in [4.69, 9.17) is 0 Å². The van der Waals surface area contributed by atoms with Crippen molar-refractivity contribution in [1.29, 1.82) is 0 Å². The van der Waals surface area contributed by atoms with Crippen molar-refractivity contribution in [2.45, 2.75) is 39.0 Å². The predicted octanol–water partition coefficient (Wildman–Crippen LogP) is 2.38. The van der Waals surface area contributed by atoms with Crippen molar-refractivity contribution in [3.8, 4) is 0 Å². The van der Waals surface area contributed by atoms with Crippen LogP contribution in [-0.4, -0.2) is 13.1 Å². The van der Waals surface area contributed by atoms with Crippen LogP contribution in [0.4, 0.5) is 0 Å². The van der Waals surface area contributed by atoms with Gasteiger partial charge in [0.05, 0.1) is 6.61 Å². The highest BCUT2D eigenvalue weighted by Gasteiger charge is 2.17. The van der Waals surface area contributed by atoms with E-state index in [0.717, 1.165) is 18.3 Å². The van der Waals surface area contributed by atoms with Crippen molar-refractivity contribution in [2.75, 3.05) is 6.61 Å². The number of carbonyl (C=O) groups excluding carboxylic acids is 1. The molecular weight excluding hydrogens is 152 g/mol. The molecule has 0 aromatic rings. The van der Waals surface area contributed by atoms with Gasteiger partial charge in [0.2, 0.25) is 0 Å². The summed E-state index contributed by atoms with van der Waals surface area (Å²) in [6.07, 6.45) is 6.41. The van der Waals surface area contributed by atoms with Gasteiger partial charge in [-0.25, -0.2) is 0 Å². The molecular formula is C10H18O2. The Balaban J connectivity index is 2.05. The van der Waals surface area contributed by atoms with Gasteiger partial charge >= 0.3 is 0 Å². The van der Waals surface area contributed by atoms with E-state index < -0.39 is 0 Å². The van der Waals surface area contributed by atoms with Crippen LogP contribution < -0.4 is 0 Å².